The monoisotopic (exact) mass is 566 g/mol. The highest BCUT2D eigenvalue weighted by Crippen LogP contribution is 2.23. The van der Waals surface area contributed by atoms with Gasteiger partial charge in [-0.15, -0.1) is 0 Å². The first-order chi connectivity index (χ1) is 18.7. The van der Waals surface area contributed by atoms with Gasteiger partial charge in [-0.3, -0.25) is 9.59 Å². The number of nitrogens with zero attached hydrogens (tertiary/aromatic N) is 3. The zero-order valence-corrected chi connectivity index (χ0v) is 25.5. The summed E-state index contributed by atoms with van der Waals surface area (Å²) in [6.07, 6.45) is 2.00. The Morgan fingerprint density at radius 1 is 1.00 bits per heavy atom. The topological polar surface area (TPSA) is 91.7 Å². The van der Waals surface area contributed by atoms with Gasteiger partial charge in [0.05, 0.1) is 18.0 Å². The third kappa shape index (κ3) is 8.29. The van der Waals surface area contributed by atoms with Gasteiger partial charge in [-0.05, 0) is 75.6 Å². The molecule has 0 unspecified atom stereocenters. The molecule has 216 valence electrons. The number of benzene rings is 2. The summed E-state index contributed by atoms with van der Waals surface area (Å²) in [5.74, 6) is -0.499. The SMILES string of the molecule is CC(=O)Nc1ccc(S(=O)(=O)N(CC(=O)N(Cc2cccn2Cc2cccc(C)c2)C(C)(C)C)CC(C)C)cc1. The van der Waals surface area contributed by atoms with E-state index in [0.717, 1.165) is 5.69 Å². The lowest BCUT2D eigenvalue weighted by Gasteiger charge is -2.37. The second-order valence-electron chi connectivity index (χ2n) is 11.7. The number of hydrogen-bond acceptors (Lipinski definition) is 4. The molecule has 40 heavy (non-hydrogen) atoms. The molecule has 0 aliphatic heterocycles. The van der Waals surface area contributed by atoms with Gasteiger partial charge in [-0.25, -0.2) is 8.42 Å². The molecule has 1 aromatic heterocycles. The van der Waals surface area contributed by atoms with E-state index in [9.17, 15) is 18.0 Å². The number of nitrogens with one attached hydrogen (secondary N) is 1. The molecular formula is C31H42N4O4S. The van der Waals surface area contributed by atoms with Crippen LogP contribution in [-0.2, 0) is 32.7 Å². The second-order valence-corrected chi connectivity index (χ2v) is 13.6. The maximum absolute atomic E-state index is 13.8. The molecule has 2 amide bonds. The summed E-state index contributed by atoms with van der Waals surface area (Å²) in [4.78, 5) is 27.0. The van der Waals surface area contributed by atoms with E-state index in [0.29, 0.717) is 18.8 Å². The van der Waals surface area contributed by atoms with Crippen LogP contribution in [0.1, 0.15) is 58.4 Å². The molecule has 0 spiro atoms. The number of carbonyl (C=O) groups excluding carboxylic acids is 2. The Morgan fingerprint density at radius 3 is 2.25 bits per heavy atom. The van der Waals surface area contributed by atoms with Crippen LogP contribution in [0.2, 0.25) is 0 Å². The minimum Gasteiger partial charge on any atom is -0.345 e. The van der Waals surface area contributed by atoms with Crippen molar-refractivity contribution in [2.45, 2.75) is 72.0 Å². The van der Waals surface area contributed by atoms with Crippen molar-refractivity contribution in [1.29, 1.82) is 0 Å². The predicted octanol–water partition coefficient (Wildman–Crippen LogP) is 5.28. The Morgan fingerprint density at radius 2 is 1.68 bits per heavy atom. The highest BCUT2D eigenvalue weighted by Gasteiger charge is 2.33. The molecule has 0 atom stereocenters. The summed E-state index contributed by atoms with van der Waals surface area (Å²) in [5.41, 5.74) is 3.30. The Hall–Kier alpha value is -3.43. The molecule has 1 N–H and O–H groups in total. The summed E-state index contributed by atoms with van der Waals surface area (Å²) in [6, 6.07) is 18.3. The van der Waals surface area contributed by atoms with E-state index >= 15 is 0 Å². The van der Waals surface area contributed by atoms with Crippen LogP contribution >= 0.6 is 0 Å². The van der Waals surface area contributed by atoms with Crippen molar-refractivity contribution in [2.75, 3.05) is 18.4 Å². The van der Waals surface area contributed by atoms with Gasteiger partial charge in [0.25, 0.3) is 0 Å². The van der Waals surface area contributed by atoms with Gasteiger partial charge in [0, 0.05) is 43.1 Å². The normalized spacial score (nSPS) is 12.1. The van der Waals surface area contributed by atoms with Crippen molar-refractivity contribution in [3.8, 4) is 0 Å². The van der Waals surface area contributed by atoms with Gasteiger partial charge >= 0.3 is 0 Å². The number of hydrogen-bond donors (Lipinski definition) is 1. The summed E-state index contributed by atoms with van der Waals surface area (Å²) < 4.78 is 30.7. The van der Waals surface area contributed by atoms with Crippen molar-refractivity contribution in [2.24, 2.45) is 5.92 Å². The van der Waals surface area contributed by atoms with Gasteiger partial charge in [0.1, 0.15) is 0 Å². The molecule has 1 heterocycles. The Balaban J connectivity index is 1.86. The molecule has 8 nitrogen and oxygen atoms in total. The van der Waals surface area contributed by atoms with E-state index < -0.39 is 15.6 Å². The van der Waals surface area contributed by atoms with Crippen LogP contribution in [0.3, 0.4) is 0 Å². The average Bonchev–Trinajstić information content (AvgIpc) is 3.27. The predicted molar refractivity (Wildman–Crippen MR) is 159 cm³/mol. The molecule has 3 rings (SSSR count). The summed E-state index contributed by atoms with van der Waals surface area (Å²) in [6.45, 7) is 14.1. The number of amides is 2. The summed E-state index contributed by atoms with van der Waals surface area (Å²) in [7, 11) is -3.96. The van der Waals surface area contributed by atoms with E-state index in [2.05, 4.69) is 35.0 Å². The smallest absolute Gasteiger partial charge is 0.243 e. The van der Waals surface area contributed by atoms with Crippen LogP contribution in [-0.4, -0.2) is 52.6 Å². The minimum atomic E-state index is -3.96. The van der Waals surface area contributed by atoms with E-state index in [1.54, 1.807) is 17.0 Å². The number of aryl methyl sites for hydroxylation is 1. The van der Waals surface area contributed by atoms with Crippen molar-refractivity contribution >= 4 is 27.5 Å². The van der Waals surface area contributed by atoms with Gasteiger partial charge < -0.3 is 14.8 Å². The zero-order chi connectivity index (χ0) is 29.7. The van der Waals surface area contributed by atoms with Gasteiger partial charge in [0.15, 0.2) is 0 Å². The fourth-order valence-corrected chi connectivity index (χ4v) is 6.12. The molecule has 0 radical (unpaired) electrons. The number of sulfonamides is 1. The molecule has 0 saturated heterocycles. The largest absolute Gasteiger partial charge is 0.345 e. The highest BCUT2D eigenvalue weighted by atomic mass is 32.2. The highest BCUT2D eigenvalue weighted by molar-refractivity contribution is 7.89. The molecule has 0 bridgehead atoms. The van der Waals surface area contributed by atoms with Crippen molar-refractivity contribution in [3.63, 3.8) is 0 Å². The first kappa shape index (κ1) is 31.1. The van der Waals surface area contributed by atoms with E-state index in [4.69, 9.17) is 0 Å². The lowest BCUT2D eigenvalue weighted by molar-refractivity contribution is -0.137. The third-order valence-corrected chi connectivity index (χ3v) is 8.31. The molecule has 0 aliphatic rings. The van der Waals surface area contributed by atoms with E-state index in [1.807, 2.05) is 59.0 Å². The zero-order valence-electron chi connectivity index (χ0n) is 24.6. The quantitative estimate of drug-likeness (QED) is 0.342. The van der Waals surface area contributed by atoms with Gasteiger partial charge in [-0.1, -0.05) is 43.7 Å². The molecule has 0 fully saturated rings. The maximum Gasteiger partial charge on any atom is 0.243 e. The standard InChI is InChI=1S/C31H42N4O4S/c1-23(2)19-34(40(38,39)29-15-13-27(14-16-29)32-25(4)36)22-30(37)35(31(5,6)7)21-28-12-9-17-33(28)20-26-11-8-10-24(3)18-26/h8-18,23H,19-22H2,1-7H3,(H,32,36). The van der Waals surface area contributed by atoms with Crippen molar-refractivity contribution in [3.05, 3.63) is 83.7 Å². The van der Waals surface area contributed by atoms with Crippen LogP contribution in [0.4, 0.5) is 5.69 Å². The Labute approximate surface area is 239 Å². The lowest BCUT2D eigenvalue weighted by Crippen LogP contribution is -2.50. The first-order valence-corrected chi connectivity index (χ1v) is 15.0. The van der Waals surface area contributed by atoms with E-state index in [-0.39, 0.29) is 35.7 Å². The third-order valence-electron chi connectivity index (χ3n) is 6.48. The first-order valence-electron chi connectivity index (χ1n) is 13.5. The number of carbonyl (C=O) groups is 2. The van der Waals surface area contributed by atoms with Gasteiger partial charge in [0.2, 0.25) is 21.8 Å². The summed E-state index contributed by atoms with van der Waals surface area (Å²) >= 11 is 0. The van der Waals surface area contributed by atoms with Crippen LogP contribution in [0, 0.1) is 12.8 Å². The maximum atomic E-state index is 13.8. The molecule has 0 saturated carbocycles. The van der Waals surface area contributed by atoms with Crippen LogP contribution in [0.15, 0.2) is 71.8 Å². The average molecular weight is 567 g/mol. The number of aromatic nitrogens is 1. The van der Waals surface area contributed by atoms with Crippen LogP contribution < -0.4 is 5.32 Å². The molecule has 0 aliphatic carbocycles. The lowest BCUT2D eigenvalue weighted by atomic mass is 10.1. The van der Waals surface area contributed by atoms with Crippen molar-refractivity contribution < 1.29 is 18.0 Å². The fraction of sp³-hybridized carbons (Fsp3) is 0.419. The Bertz CT molecular complexity index is 1420. The molecular weight excluding hydrogens is 524 g/mol. The second kappa shape index (κ2) is 12.8. The molecule has 9 heteroatoms. The number of anilines is 1. The number of rotatable bonds is 11. The fourth-order valence-electron chi connectivity index (χ4n) is 4.57. The van der Waals surface area contributed by atoms with Crippen LogP contribution in [0.5, 0.6) is 0 Å². The molecule has 3 aromatic rings. The summed E-state index contributed by atoms with van der Waals surface area (Å²) in [5, 5.41) is 2.64. The molecule has 2 aromatic carbocycles. The van der Waals surface area contributed by atoms with Crippen molar-refractivity contribution in [1.82, 2.24) is 13.8 Å². The van der Waals surface area contributed by atoms with E-state index in [1.165, 1.54) is 34.5 Å². The minimum absolute atomic E-state index is 0.0101. The van der Waals surface area contributed by atoms with Gasteiger partial charge in [-0.2, -0.15) is 4.31 Å². The Kier molecular flexibility index (Phi) is 9.97. The van der Waals surface area contributed by atoms with Crippen LogP contribution in [0.25, 0.3) is 0 Å².